The molecule has 0 aliphatic carbocycles. The maximum atomic E-state index is 14.6. The third kappa shape index (κ3) is 4.34. The van der Waals surface area contributed by atoms with E-state index in [1.807, 2.05) is 0 Å². The second-order valence-electron chi connectivity index (χ2n) is 9.05. The fourth-order valence-corrected chi connectivity index (χ4v) is 6.78. The maximum Gasteiger partial charge on any atom is 0.255 e. The number of halogens is 2. The molecule has 2 fully saturated rings. The average Bonchev–Trinajstić information content (AvgIpc) is 3.15. The number of fused-ring (bicyclic) bond motifs is 1. The van der Waals surface area contributed by atoms with Gasteiger partial charge in [-0.1, -0.05) is 11.6 Å². The summed E-state index contributed by atoms with van der Waals surface area (Å²) in [6, 6.07) is 7.82. The van der Waals surface area contributed by atoms with Gasteiger partial charge >= 0.3 is 0 Å². The summed E-state index contributed by atoms with van der Waals surface area (Å²) in [5.41, 5.74) is 1.56. The zero-order valence-electron chi connectivity index (χ0n) is 18.7. The van der Waals surface area contributed by atoms with E-state index in [4.69, 9.17) is 11.6 Å². The second kappa shape index (κ2) is 9.00. The van der Waals surface area contributed by atoms with Gasteiger partial charge in [-0.2, -0.15) is 4.31 Å². The number of piperidine rings is 2. The van der Waals surface area contributed by atoms with E-state index in [9.17, 15) is 27.2 Å². The molecule has 3 aliphatic rings. The fraction of sp³-hybridized carbons (Fsp3) is 0.375. The predicted molar refractivity (Wildman–Crippen MR) is 125 cm³/mol. The minimum atomic E-state index is -3.68. The third-order valence-electron chi connectivity index (χ3n) is 7.00. The van der Waals surface area contributed by atoms with Crippen molar-refractivity contribution in [2.45, 2.75) is 49.1 Å². The maximum absolute atomic E-state index is 14.6. The minimum absolute atomic E-state index is 0.134. The highest BCUT2D eigenvalue weighted by Gasteiger charge is 2.41. The van der Waals surface area contributed by atoms with E-state index in [2.05, 4.69) is 5.32 Å². The van der Waals surface area contributed by atoms with Crippen molar-refractivity contribution in [1.82, 2.24) is 14.5 Å². The lowest BCUT2D eigenvalue weighted by Gasteiger charge is -2.32. The molecule has 2 aromatic rings. The number of sulfonamides is 1. The molecule has 35 heavy (non-hydrogen) atoms. The van der Waals surface area contributed by atoms with Crippen LogP contribution in [0, 0.1) is 5.82 Å². The van der Waals surface area contributed by atoms with Crippen LogP contribution in [0.4, 0.5) is 4.39 Å². The van der Waals surface area contributed by atoms with E-state index < -0.39 is 33.7 Å². The van der Waals surface area contributed by atoms with Gasteiger partial charge in [-0.25, -0.2) is 12.8 Å². The number of benzene rings is 2. The first-order chi connectivity index (χ1) is 16.6. The second-order valence-corrected chi connectivity index (χ2v) is 11.4. The van der Waals surface area contributed by atoms with Crippen molar-refractivity contribution >= 4 is 39.3 Å². The Balaban J connectivity index is 1.35. The first-order valence-corrected chi connectivity index (χ1v) is 13.2. The van der Waals surface area contributed by atoms with Crippen LogP contribution in [0.5, 0.6) is 0 Å². The average molecular weight is 520 g/mol. The smallest absolute Gasteiger partial charge is 0.255 e. The molecule has 0 aromatic heterocycles. The molecule has 11 heteroatoms. The first-order valence-electron chi connectivity index (χ1n) is 11.4. The highest BCUT2D eigenvalue weighted by atomic mass is 35.5. The lowest BCUT2D eigenvalue weighted by atomic mass is 9.86. The van der Waals surface area contributed by atoms with E-state index in [0.29, 0.717) is 29.0 Å². The van der Waals surface area contributed by atoms with Gasteiger partial charge in [0.15, 0.2) is 0 Å². The van der Waals surface area contributed by atoms with Crippen LogP contribution in [0.3, 0.4) is 0 Å². The highest BCUT2D eigenvalue weighted by molar-refractivity contribution is 7.89. The van der Waals surface area contributed by atoms with E-state index in [0.717, 1.165) is 0 Å². The van der Waals surface area contributed by atoms with E-state index in [1.54, 1.807) is 0 Å². The molecule has 2 aromatic carbocycles. The van der Waals surface area contributed by atoms with Crippen molar-refractivity contribution in [3.8, 4) is 0 Å². The Kier molecular flexibility index (Phi) is 6.14. The first kappa shape index (κ1) is 23.9. The zero-order chi connectivity index (χ0) is 24.9. The minimum Gasteiger partial charge on any atom is -0.322 e. The van der Waals surface area contributed by atoms with Crippen LogP contribution < -0.4 is 5.32 Å². The van der Waals surface area contributed by atoms with Crippen molar-refractivity contribution in [2.75, 3.05) is 13.1 Å². The highest BCUT2D eigenvalue weighted by Crippen LogP contribution is 2.38. The largest absolute Gasteiger partial charge is 0.322 e. The van der Waals surface area contributed by atoms with Gasteiger partial charge < -0.3 is 4.90 Å². The van der Waals surface area contributed by atoms with E-state index in [-0.39, 0.29) is 54.8 Å². The summed E-state index contributed by atoms with van der Waals surface area (Å²) in [7, 11) is -3.68. The standard InChI is InChI=1S/C24H23ClFN3O5S/c25-15-1-3-17(4-2-15)35(33,34)28-9-7-14(8-10-28)18-11-16(26)12-19-20(18)13-29(24(19)32)21-5-6-22(30)27-23(21)31/h1-4,11-12,14,21H,5-10,13H2,(H,27,30,31). The van der Waals surface area contributed by atoms with Crippen LogP contribution in [-0.2, 0) is 26.2 Å². The van der Waals surface area contributed by atoms with E-state index >= 15 is 0 Å². The fourth-order valence-electron chi connectivity index (χ4n) is 5.18. The summed E-state index contributed by atoms with van der Waals surface area (Å²) in [5, 5.41) is 2.71. The Hall–Kier alpha value is -2.82. The summed E-state index contributed by atoms with van der Waals surface area (Å²) in [5.74, 6) is -2.01. The Morgan fingerprint density at radius 3 is 2.34 bits per heavy atom. The lowest BCUT2D eigenvalue weighted by molar-refractivity contribution is -0.136. The van der Waals surface area contributed by atoms with Crippen LogP contribution in [-0.4, -0.2) is 54.5 Å². The topological polar surface area (TPSA) is 104 Å². The number of imide groups is 1. The van der Waals surface area contributed by atoms with Crippen molar-refractivity contribution in [3.63, 3.8) is 0 Å². The lowest BCUT2D eigenvalue weighted by Crippen LogP contribution is -2.52. The summed E-state index contributed by atoms with van der Waals surface area (Å²) in [6.45, 7) is 0.663. The van der Waals surface area contributed by atoms with Crippen molar-refractivity contribution in [1.29, 1.82) is 0 Å². The molecule has 8 nitrogen and oxygen atoms in total. The molecular weight excluding hydrogens is 497 g/mol. The Labute approximate surface area is 207 Å². The molecular formula is C24H23ClFN3O5S. The number of carbonyl (C=O) groups excluding carboxylic acids is 3. The summed E-state index contributed by atoms with van der Waals surface area (Å²) >= 11 is 5.87. The SMILES string of the molecule is O=C1CCC(N2Cc3c(cc(F)cc3C3CCN(S(=O)(=O)c4ccc(Cl)cc4)CC3)C2=O)C(=O)N1. The van der Waals surface area contributed by atoms with Gasteiger partial charge in [-0.3, -0.25) is 19.7 Å². The van der Waals surface area contributed by atoms with Gasteiger partial charge in [0, 0.05) is 36.6 Å². The zero-order valence-corrected chi connectivity index (χ0v) is 20.2. The molecule has 2 saturated heterocycles. The molecule has 1 atom stereocenters. The molecule has 184 valence electrons. The van der Waals surface area contributed by atoms with Crippen molar-refractivity contribution in [2.24, 2.45) is 0 Å². The number of carbonyl (C=O) groups is 3. The number of rotatable bonds is 4. The quantitative estimate of drug-likeness (QED) is 0.626. The van der Waals surface area contributed by atoms with Gasteiger partial charge in [0.1, 0.15) is 11.9 Å². The monoisotopic (exact) mass is 519 g/mol. The molecule has 1 N–H and O–H groups in total. The number of nitrogens with zero attached hydrogens (tertiary/aromatic N) is 2. The number of nitrogens with one attached hydrogen (secondary N) is 1. The van der Waals surface area contributed by atoms with Crippen LogP contribution >= 0.6 is 11.6 Å². The van der Waals surface area contributed by atoms with E-state index in [1.165, 1.54) is 45.6 Å². The van der Waals surface area contributed by atoms with Crippen LogP contribution in [0.1, 0.15) is 53.1 Å². The molecule has 1 unspecified atom stereocenters. The van der Waals surface area contributed by atoms with Crippen LogP contribution in [0.25, 0.3) is 0 Å². The van der Waals surface area contributed by atoms with Gasteiger partial charge in [0.2, 0.25) is 21.8 Å². The predicted octanol–water partition coefficient (Wildman–Crippen LogP) is 2.81. The Morgan fingerprint density at radius 1 is 1.00 bits per heavy atom. The molecule has 0 saturated carbocycles. The Morgan fingerprint density at radius 2 is 1.69 bits per heavy atom. The molecule has 3 aliphatic heterocycles. The van der Waals surface area contributed by atoms with Crippen molar-refractivity contribution < 1.29 is 27.2 Å². The molecule has 3 amide bonds. The summed E-state index contributed by atoms with van der Waals surface area (Å²) < 4.78 is 42.0. The number of amides is 3. The van der Waals surface area contributed by atoms with Gasteiger partial charge in [0.25, 0.3) is 5.91 Å². The Bertz CT molecular complexity index is 1320. The normalized spacial score (nSPS) is 21.8. The van der Waals surface area contributed by atoms with Gasteiger partial charge in [0.05, 0.1) is 4.90 Å². The van der Waals surface area contributed by atoms with Gasteiger partial charge in [-0.15, -0.1) is 0 Å². The van der Waals surface area contributed by atoms with Crippen LogP contribution in [0.2, 0.25) is 5.02 Å². The third-order valence-corrected chi connectivity index (χ3v) is 9.17. The number of hydrogen-bond donors (Lipinski definition) is 1. The van der Waals surface area contributed by atoms with Crippen molar-refractivity contribution in [3.05, 3.63) is 63.9 Å². The molecule has 0 spiro atoms. The summed E-state index contributed by atoms with van der Waals surface area (Å²) in [6.07, 6.45) is 1.30. The molecule has 0 bridgehead atoms. The molecule has 0 radical (unpaired) electrons. The van der Waals surface area contributed by atoms with Gasteiger partial charge in [-0.05, 0) is 72.7 Å². The summed E-state index contributed by atoms with van der Waals surface area (Å²) in [4.78, 5) is 38.5. The number of hydrogen-bond acceptors (Lipinski definition) is 5. The van der Waals surface area contributed by atoms with Crippen LogP contribution in [0.15, 0.2) is 41.3 Å². The molecule has 5 rings (SSSR count). The molecule has 3 heterocycles.